The molecule has 0 saturated carbocycles. The van der Waals surface area contributed by atoms with E-state index in [0.717, 1.165) is 17.5 Å². The molecule has 0 aliphatic heterocycles. The van der Waals surface area contributed by atoms with Crippen LogP contribution in [0.25, 0.3) is 22.3 Å². The lowest BCUT2D eigenvalue weighted by Gasteiger charge is -2.19. The van der Waals surface area contributed by atoms with Crippen LogP contribution >= 0.6 is 0 Å². The van der Waals surface area contributed by atoms with Gasteiger partial charge < -0.3 is 14.5 Å². The molecule has 0 aliphatic carbocycles. The van der Waals surface area contributed by atoms with Crippen LogP contribution in [-0.2, 0) is 16.6 Å². The summed E-state index contributed by atoms with van der Waals surface area (Å²) >= 11 is 0. The monoisotopic (exact) mass is 469 g/mol. The minimum atomic E-state index is -0.355. The number of ether oxygens (including phenoxy) is 1. The van der Waals surface area contributed by atoms with E-state index in [9.17, 15) is 9.59 Å². The number of carbonyl (C=O) groups is 1. The number of aryl methyl sites for hydroxylation is 2. The molecule has 0 radical (unpaired) electrons. The van der Waals surface area contributed by atoms with Crippen molar-refractivity contribution in [2.24, 2.45) is 0 Å². The Morgan fingerprint density at radius 2 is 1.66 bits per heavy atom. The van der Waals surface area contributed by atoms with Gasteiger partial charge >= 0.3 is 0 Å². The summed E-state index contributed by atoms with van der Waals surface area (Å²) in [6.45, 7) is 10.1. The number of amides is 1. The zero-order valence-corrected chi connectivity index (χ0v) is 20.9. The Balaban J connectivity index is 1.67. The summed E-state index contributed by atoms with van der Waals surface area (Å²) in [5.41, 5.74) is 4.84. The molecule has 4 aromatic rings. The highest BCUT2D eigenvalue weighted by atomic mass is 16.5. The number of rotatable bonds is 6. The second-order valence-electron chi connectivity index (χ2n) is 9.80. The molecule has 1 amide bonds. The largest absolute Gasteiger partial charge is 0.476 e. The van der Waals surface area contributed by atoms with Crippen LogP contribution < -0.4 is 15.5 Å². The predicted octanol–water partition coefficient (Wildman–Crippen LogP) is 6.65. The molecule has 0 spiro atoms. The first-order valence-corrected chi connectivity index (χ1v) is 11.9. The lowest BCUT2D eigenvalue weighted by atomic mass is 9.86. The van der Waals surface area contributed by atoms with Crippen LogP contribution in [0.1, 0.15) is 44.4 Å². The van der Waals surface area contributed by atoms with Gasteiger partial charge in [-0.15, -0.1) is 0 Å². The molecule has 3 aromatic carbocycles. The van der Waals surface area contributed by atoms with Gasteiger partial charge in [-0.2, -0.15) is 0 Å². The first-order valence-electron chi connectivity index (χ1n) is 11.9. The van der Waals surface area contributed by atoms with E-state index in [1.165, 1.54) is 5.56 Å². The Bertz CT molecular complexity index is 1410. The minimum absolute atomic E-state index is 0.00692. The maximum absolute atomic E-state index is 13.4. The van der Waals surface area contributed by atoms with Gasteiger partial charge in [0, 0.05) is 11.3 Å². The van der Waals surface area contributed by atoms with Gasteiger partial charge in [-0.05, 0) is 54.2 Å². The molecule has 4 rings (SSSR count). The maximum atomic E-state index is 13.4. The van der Waals surface area contributed by atoms with Gasteiger partial charge in [0.15, 0.2) is 12.4 Å². The summed E-state index contributed by atoms with van der Waals surface area (Å²) in [6.07, 6.45) is 0.925. The van der Waals surface area contributed by atoms with E-state index in [1.807, 2.05) is 61.5 Å². The molecule has 5 heteroatoms. The third kappa shape index (κ3) is 5.46. The van der Waals surface area contributed by atoms with Crippen molar-refractivity contribution >= 4 is 22.6 Å². The van der Waals surface area contributed by atoms with E-state index in [1.54, 1.807) is 12.1 Å². The topological polar surface area (TPSA) is 68.5 Å². The van der Waals surface area contributed by atoms with E-state index in [2.05, 4.69) is 33.0 Å². The van der Waals surface area contributed by atoms with Gasteiger partial charge in [-0.25, -0.2) is 0 Å². The van der Waals surface area contributed by atoms with E-state index in [-0.39, 0.29) is 29.1 Å². The van der Waals surface area contributed by atoms with Crippen molar-refractivity contribution in [1.82, 2.24) is 0 Å². The Kier molecular flexibility index (Phi) is 6.79. The molecule has 0 atom stereocenters. The van der Waals surface area contributed by atoms with Crippen LogP contribution in [0.2, 0.25) is 0 Å². The molecular weight excluding hydrogens is 438 g/mol. The lowest BCUT2D eigenvalue weighted by Crippen LogP contribution is -2.22. The third-order valence-electron chi connectivity index (χ3n) is 6.01. The summed E-state index contributed by atoms with van der Waals surface area (Å²) in [6, 6.07) is 21.0. The normalized spacial score (nSPS) is 11.5. The highest BCUT2D eigenvalue weighted by Crippen LogP contribution is 2.33. The molecule has 1 heterocycles. The fourth-order valence-electron chi connectivity index (χ4n) is 3.89. The molecule has 0 fully saturated rings. The molecular formula is C30H31NO4. The molecule has 1 aromatic heterocycles. The van der Waals surface area contributed by atoms with Crippen LogP contribution in [0, 0.1) is 6.92 Å². The Labute approximate surface area is 205 Å². The first kappa shape index (κ1) is 24.3. The summed E-state index contributed by atoms with van der Waals surface area (Å²) < 4.78 is 12.0. The SMILES string of the molecule is CCc1ccc(NC(=O)COc2c(-c3ccc(C(C)(C)C)cc3)oc3ccc(C)cc3c2=O)cc1. The quantitative estimate of drug-likeness (QED) is 0.343. The van der Waals surface area contributed by atoms with E-state index in [0.29, 0.717) is 28.0 Å². The summed E-state index contributed by atoms with van der Waals surface area (Å²) in [5.74, 6) is -0.0120. The average molecular weight is 470 g/mol. The second-order valence-corrected chi connectivity index (χ2v) is 9.80. The van der Waals surface area contributed by atoms with Crippen molar-refractivity contribution in [3.05, 3.63) is 93.6 Å². The van der Waals surface area contributed by atoms with Gasteiger partial charge in [0.05, 0.1) is 5.39 Å². The zero-order valence-electron chi connectivity index (χ0n) is 20.9. The van der Waals surface area contributed by atoms with Crippen molar-refractivity contribution in [1.29, 1.82) is 0 Å². The average Bonchev–Trinajstić information content (AvgIpc) is 2.83. The maximum Gasteiger partial charge on any atom is 0.262 e. The molecule has 0 bridgehead atoms. The third-order valence-corrected chi connectivity index (χ3v) is 6.01. The minimum Gasteiger partial charge on any atom is -0.476 e. The van der Waals surface area contributed by atoms with Gasteiger partial charge in [0.25, 0.3) is 5.91 Å². The van der Waals surface area contributed by atoms with Crippen LogP contribution in [0.5, 0.6) is 5.75 Å². The standard InChI is InChI=1S/C30H31NO4/c1-6-20-8-14-23(15-9-20)31-26(32)18-34-29-27(33)24-17-19(2)7-16-25(24)35-28(29)21-10-12-22(13-11-21)30(3,4)5/h7-17H,6,18H2,1-5H3,(H,31,32). The van der Waals surface area contributed by atoms with E-state index < -0.39 is 0 Å². The fraction of sp³-hybridized carbons (Fsp3) is 0.267. The highest BCUT2D eigenvalue weighted by molar-refractivity contribution is 5.92. The number of hydrogen-bond acceptors (Lipinski definition) is 4. The van der Waals surface area contributed by atoms with E-state index >= 15 is 0 Å². The summed E-state index contributed by atoms with van der Waals surface area (Å²) in [5, 5.41) is 3.24. The van der Waals surface area contributed by atoms with Crippen molar-refractivity contribution in [3.63, 3.8) is 0 Å². The van der Waals surface area contributed by atoms with Crippen LogP contribution in [0.4, 0.5) is 5.69 Å². The van der Waals surface area contributed by atoms with Gasteiger partial charge in [0.2, 0.25) is 11.2 Å². The van der Waals surface area contributed by atoms with Crippen molar-refractivity contribution in [3.8, 4) is 17.1 Å². The highest BCUT2D eigenvalue weighted by Gasteiger charge is 2.20. The number of fused-ring (bicyclic) bond motifs is 1. The van der Waals surface area contributed by atoms with Crippen LogP contribution in [-0.4, -0.2) is 12.5 Å². The molecule has 5 nitrogen and oxygen atoms in total. The molecule has 0 aliphatic rings. The molecule has 1 N–H and O–H groups in total. The number of nitrogens with one attached hydrogen (secondary N) is 1. The summed E-state index contributed by atoms with van der Waals surface area (Å²) in [7, 11) is 0. The first-order chi connectivity index (χ1) is 16.7. The van der Waals surface area contributed by atoms with Crippen molar-refractivity contribution < 1.29 is 13.9 Å². The number of benzene rings is 3. The molecule has 35 heavy (non-hydrogen) atoms. The summed E-state index contributed by atoms with van der Waals surface area (Å²) in [4.78, 5) is 26.0. The van der Waals surface area contributed by atoms with Crippen LogP contribution in [0.3, 0.4) is 0 Å². The molecule has 0 saturated heterocycles. The lowest BCUT2D eigenvalue weighted by molar-refractivity contribution is -0.118. The smallest absolute Gasteiger partial charge is 0.262 e. The number of hydrogen-bond donors (Lipinski definition) is 1. The molecule has 0 unspecified atom stereocenters. The predicted molar refractivity (Wildman–Crippen MR) is 141 cm³/mol. The number of anilines is 1. The zero-order chi connectivity index (χ0) is 25.2. The van der Waals surface area contributed by atoms with Crippen molar-refractivity contribution in [2.45, 2.75) is 46.5 Å². The number of carbonyl (C=O) groups excluding carboxylic acids is 1. The fourth-order valence-corrected chi connectivity index (χ4v) is 3.89. The van der Waals surface area contributed by atoms with Gasteiger partial charge in [-0.3, -0.25) is 9.59 Å². The van der Waals surface area contributed by atoms with Gasteiger partial charge in [-0.1, -0.05) is 75.7 Å². The Morgan fingerprint density at radius 3 is 2.29 bits per heavy atom. The Hall–Kier alpha value is -3.86. The van der Waals surface area contributed by atoms with Crippen molar-refractivity contribution in [2.75, 3.05) is 11.9 Å². The Morgan fingerprint density at radius 1 is 0.971 bits per heavy atom. The molecule has 180 valence electrons. The second kappa shape index (κ2) is 9.79. The van der Waals surface area contributed by atoms with Gasteiger partial charge in [0.1, 0.15) is 5.58 Å². The van der Waals surface area contributed by atoms with Crippen LogP contribution in [0.15, 0.2) is 75.9 Å². The van der Waals surface area contributed by atoms with E-state index in [4.69, 9.17) is 9.15 Å².